The summed E-state index contributed by atoms with van der Waals surface area (Å²) in [6.07, 6.45) is 10.1. The Kier molecular flexibility index (Phi) is 4.04. The number of hydrogen-bond donors (Lipinski definition) is 0. The van der Waals surface area contributed by atoms with E-state index in [1.54, 1.807) is 0 Å². The van der Waals surface area contributed by atoms with E-state index < -0.39 is 0 Å². The molecule has 0 atom stereocenters. The molecule has 0 aromatic heterocycles. The van der Waals surface area contributed by atoms with Crippen molar-refractivity contribution < 1.29 is 0 Å². The van der Waals surface area contributed by atoms with Crippen LogP contribution in [0.4, 0.5) is 0 Å². The molecule has 0 saturated heterocycles. The first-order valence-electron chi connectivity index (χ1n) is 10.2. The van der Waals surface area contributed by atoms with Crippen LogP contribution in [0.25, 0.3) is 11.1 Å². The highest BCUT2D eigenvalue weighted by Crippen LogP contribution is 2.47. The predicted octanol–water partition coefficient (Wildman–Crippen LogP) is 7.37. The molecule has 0 radical (unpaired) electrons. The third-order valence-corrected chi connectivity index (χ3v) is 6.22. The third kappa shape index (κ3) is 3.00. The molecule has 27 heavy (non-hydrogen) atoms. The second-order valence-corrected chi connectivity index (χ2v) is 10.3. The maximum absolute atomic E-state index is 2.51. The molecule has 0 spiro atoms. The Balaban J connectivity index is 1.94. The van der Waals surface area contributed by atoms with Crippen molar-refractivity contribution in [2.45, 2.75) is 71.6 Å². The minimum atomic E-state index is 0.144. The Labute approximate surface area is 165 Å². The maximum atomic E-state index is 2.51. The van der Waals surface area contributed by atoms with E-state index in [2.05, 4.69) is 97.0 Å². The Morgan fingerprint density at radius 1 is 0.815 bits per heavy atom. The van der Waals surface area contributed by atoms with E-state index >= 15 is 0 Å². The van der Waals surface area contributed by atoms with Gasteiger partial charge in [0.2, 0.25) is 0 Å². The smallest absolute Gasteiger partial charge is 0.0210 e. The lowest BCUT2D eigenvalue weighted by Gasteiger charge is -2.28. The van der Waals surface area contributed by atoms with E-state index in [9.17, 15) is 0 Å². The molecule has 0 heteroatoms. The first kappa shape index (κ1) is 18.3. The lowest BCUT2D eigenvalue weighted by atomic mass is 9.76. The summed E-state index contributed by atoms with van der Waals surface area (Å²) in [7, 11) is 0. The monoisotopic (exact) mass is 356 g/mol. The van der Waals surface area contributed by atoms with Gasteiger partial charge in [-0.3, -0.25) is 0 Å². The van der Waals surface area contributed by atoms with Gasteiger partial charge in [0, 0.05) is 5.92 Å². The summed E-state index contributed by atoms with van der Waals surface area (Å²) < 4.78 is 0. The molecule has 2 aliphatic rings. The molecule has 0 heterocycles. The largest absolute Gasteiger partial charge is 0.0732 e. The summed E-state index contributed by atoms with van der Waals surface area (Å²) in [5.41, 5.74) is 12.2. The van der Waals surface area contributed by atoms with Gasteiger partial charge in [0.1, 0.15) is 0 Å². The molecule has 0 N–H and O–H groups in total. The van der Waals surface area contributed by atoms with Crippen LogP contribution in [-0.4, -0.2) is 0 Å². The molecule has 0 bridgehead atoms. The fourth-order valence-corrected chi connectivity index (χ4v) is 4.75. The molecule has 2 aromatic rings. The zero-order valence-electron chi connectivity index (χ0n) is 17.9. The van der Waals surface area contributed by atoms with E-state index in [1.807, 2.05) is 0 Å². The average Bonchev–Trinajstić information content (AvgIpc) is 3.19. The zero-order chi connectivity index (χ0) is 19.6. The van der Waals surface area contributed by atoms with E-state index in [-0.39, 0.29) is 10.8 Å². The van der Waals surface area contributed by atoms with E-state index in [0.29, 0.717) is 5.92 Å². The van der Waals surface area contributed by atoms with Crippen LogP contribution in [0.5, 0.6) is 0 Å². The Morgan fingerprint density at radius 2 is 1.48 bits per heavy atom. The summed E-state index contributed by atoms with van der Waals surface area (Å²) in [6.45, 7) is 16.3. The molecule has 2 aliphatic carbocycles. The summed E-state index contributed by atoms with van der Waals surface area (Å²) in [5.74, 6) is 0.405. The Morgan fingerprint density at radius 3 is 2.07 bits per heavy atom. The van der Waals surface area contributed by atoms with Crippen molar-refractivity contribution >= 4 is 0 Å². The van der Waals surface area contributed by atoms with Gasteiger partial charge in [0.15, 0.2) is 0 Å². The molecular weight excluding hydrogens is 324 g/mol. The van der Waals surface area contributed by atoms with Crippen LogP contribution in [0.3, 0.4) is 0 Å². The normalized spacial score (nSPS) is 16.1. The van der Waals surface area contributed by atoms with Gasteiger partial charge >= 0.3 is 0 Å². The van der Waals surface area contributed by atoms with Gasteiger partial charge in [-0.1, -0.05) is 90.1 Å². The Hall–Kier alpha value is -2.08. The molecule has 0 unspecified atom stereocenters. The van der Waals surface area contributed by atoms with Crippen molar-refractivity contribution in [1.82, 2.24) is 0 Å². The van der Waals surface area contributed by atoms with Crippen LogP contribution in [-0.2, 0) is 17.3 Å². The van der Waals surface area contributed by atoms with Crippen molar-refractivity contribution in [3.8, 4) is 11.1 Å². The topological polar surface area (TPSA) is 0 Å². The van der Waals surface area contributed by atoms with Crippen LogP contribution in [0.15, 0.2) is 48.6 Å². The van der Waals surface area contributed by atoms with Gasteiger partial charge in [-0.05, 0) is 68.7 Å². The van der Waals surface area contributed by atoms with Gasteiger partial charge in [-0.25, -0.2) is 0 Å². The summed E-state index contributed by atoms with van der Waals surface area (Å²) in [4.78, 5) is 0. The van der Waals surface area contributed by atoms with Crippen LogP contribution in [0.2, 0.25) is 0 Å². The molecule has 0 nitrogen and oxygen atoms in total. The first-order valence-corrected chi connectivity index (χ1v) is 10.2. The van der Waals surface area contributed by atoms with E-state index in [1.165, 1.54) is 44.5 Å². The minimum absolute atomic E-state index is 0.144. The van der Waals surface area contributed by atoms with Crippen LogP contribution in [0.1, 0.15) is 80.8 Å². The highest BCUT2D eigenvalue weighted by Gasteiger charge is 2.30. The number of allylic oxidation sites excluding steroid dienone is 4. The molecule has 0 saturated carbocycles. The molecule has 0 fully saturated rings. The fourth-order valence-electron chi connectivity index (χ4n) is 4.75. The Bertz CT molecular complexity index is 957. The quantitative estimate of drug-likeness (QED) is 0.427. The highest BCUT2D eigenvalue weighted by atomic mass is 14.3. The van der Waals surface area contributed by atoms with Crippen molar-refractivity contribution in [3.05, 3.63) is 82.0 Å². The molecular formula is C27H32. The number of fused-ring (bicyclic) bond motifs is 3. The molecule has 2 aromatic carbocycles. The average molecular weight is 357 g/mol. The highest BCUT2D eigenvalue weighted by molar-refractivity contribution is 5.82. The lowest BCUT2D eigenvalue weighted by molar-refractivity contribution is 0.581. The molecule has 0 aliphatic heterocycles. The van der Waals surface area contributed by atoms with Gasteiger partial charge < -0.3 is 0 Å². The van der Waals surface area contributed by atoms with Crippen LogP contribution < -0.4 is 0 Å². The SMILES string of the molecule is Cc1c2c(cc(C(C)(C)C)c1C1C=CC=C1)Cc1cc(C(C)(C)C)ccc1-2. The molecule has 4 rings (SSSR count). The number of benzene rings is 2. The van der Waals surface area contributed by atoms with Gasteiger partial charge in [0.25, 0.3) is 0 Å². The standard InChI is InChI=1S/C27H32/c1-17-24-20(14-19-15-21(26(2,3)4)12-13-22(19)24)16-23(27(5,6)7)25(17)18-10-8-9-11-18/h8-13,15-16,18H,14H2,1-7H3. The number of rotatable bonds is 1. The number of hydrogen-bond acceptors (Lipinski definition) is 0. The van der Waals surface area contributed by atoms with Gasteiger partial charge in [-0.15, -0.1) is 0 Å². The van der Waals surface area contributed by atoms with Crippen molar-refractivity contribution in [2.24, 2.45) is 0 Å². The van der Waals surface area contributed by atoms with Crippen molar-refractivity contribution in [1.29, 1.82) is 0 Å². The second kappa shape index (κ2) is 5.96. The summed E-state index contributed by atoms with van der Waals surface area (Å²) >= 11 is 0. The first-order chi connectivity index (χ1) is 12.6. The third-order valence-electron chi connectivity index (χ3n) is 6.22. The predicted molar refractivity (Wildman–Crippen MR) is 118 cm³/mol. The fraction of sp³-hybridized carbons (Fsp3) is 0.407. The van der Waals surface area contributed by atoms with Crippen LogP contribution >= 0.6 is 0 Å². The van der Waals surface area contributed by atoms with Crippen LogP contribution in [0, 0.1) is 6.92 Å². The van der Waals surface area contributed by atoms with Crippen molar-refractivity contribution in [2.75, 3.05) is 0 Å². The zero-order valence-corrected chi connectivity index (χ0v) is 17.9. The van der Waals surface area contributed by atoms with E-state index in [0.717, 1.165) is 6.42 Å². The molecule has 0 amide bonds. The maximum Gasteiger partial charge on any atom is 0.0210 e. The lowest BCUT2D eigenvalue weighted by Crippen LogP contribution is -2.17. The summed E-state index contributed by atoms with van der Waals surface area (Å²) in [5, 5.41) is 0. The summed E-state index contributed by atoms with van der Waals surface area (Å²) in [6, 6.07) is 9.66. The molecule has 140 valence electrons. The van der Waals surface area contributed by atoms with Gasteiger partial charge in [-0.2, -0.15) is 0 Å². The van der Waals surface area contributed by atoms with Crippen molar-refractivity contribution in [3.63, 3.8) is 0 Å². The van der Waals surface area contributed by atoms with Gasteiger partial charge in [0.05, 0.1) is 0 Å². The minimum Gasteiger partial charge on any atom is -0.0732 e. The second-order valence-electron chi connectivity index (χ2n) is 10.3. The van der Waals surface area contributed by atoms with E-state index in [4.69, 9.17) is 0 Å².